The van der Waals surface area contributed by atoms with Crippen LogP contribution < -0.4 is 9.80 Å². The molecule has 3 atom stereocenters. The molecule has 2 N–H and O–H groups in total. The minimum absolute atomic E-state index is 0.0895. The number of likely N-dealkylation sites (N-methyl/N-ethyl adjacent to an activating group) is 1. The molecular weight excluding hydrogens is 417 g/mol. The number of carbonyl (C=O) groups is 1. The molecule has 3 aromatic heterocycles. The van der Waals surface area contributed by atoms with Gasteiger partial charge in [0.1, 0.15) is 23.8 Å². The Bertz CT molecular complexity index is 1130. The molecule has 0 bridgehead atoms. The molecule has 0 aliphatic carbocycles. The average molecular weight is 436 g/mol. The number of imidazole rings is 1. The number of aliphatic hydroxyl groups is 2. The molecule has 4 rings (SSSR count). The number of halogens is 3. The van der Waals surface area contributed by atoms with Crippen LogP contribution in [0.15, 0.2) is 36.8 Å². The van der Waals surface area contributed by atoms with E-state index in [9.17, 15) is 28.2 Å². The summed E-state index contributed by atoms with van der Waals surface area (Å²) in [4.78, 5) is 28.0. The summed E-state index contributed by atoms with van der Waals surface area (Å²) in [5.41, 5.74) is -0.844. The fraction of sp³-hybridized carbons (Fsp3) is 0.368. The van der Waals surface area contributed by atoms with Gasteiger partial charge in [-0.1, -0.05) is 0 Å². The minimum Gasteiger partial charge on any atom is -0.388 e. The second-order valence-corrected chi connectivity index (χ2v) is 7.33. The molecule has 1 fully saturated rings. The molecular formula is C19H19F3N6O3. The number of β-amino-alcohol motifs (C(OH)–C–C–N with tert-alkyl or cyclic N) is 1. The van der Waals surface area contributed by atoms with Crippen LogP contribution >= 0.6 is 0 Å². The fourth-order valence-corrected chi connectivity index (χ4v) is 3.59. The lowest BCUT2D eigenvalue weighted by molar-refractivity contribution is -0.137. The molecule has 3 aromatic rings. The third kappa shape index (κ3) is 3.79. The van der Waals surface area contributed by atoms with Gasteiger partial charge < -0.3 is 15.1 Å². The van der Waals surface area contributed by atoms with Crippen LogP contribution in [0.5, 0.6) is 0 Å². The van der Waals surface area contributed by atoms with Crippen LogP contribution in [-0.4, -0.2) is 67.3 Å². The van der Waals surface area contributed by atoms with Gasteiger partial charge in [0.2, 0.25) is 5.78 Å². The van der Waals surface area contributed by atoms with Gasteiger partial charge in [0.25, 0.3) is 5.91 Å². The van der Waals surface area contributed by atoms with E-state index in [2.05, 4.69) is 15.0 Å². The zero-order valence-electron chi connectivity index (χ0n) is 16.5. The highest BCUT2D eigenvalue weighted by Gasteiger charge is 2.47. The van der Waals surface area contributed by atoms with Gasteiger partial charge in [-0.3, -0.25) is 14.1 Å². The summed E-state index contributed by atoms with van der Waals surface area (Å²) in [5, 5.41) is 20.6. The Hall–Kier alpha value is -3.25. The van der Waals surface area contributed by atoms with Gasteiger partial charge in [0.15, 0.2) is 0 Å². The van der Waals surface area contributed by atoms with Gasteiger partial charge in [0, 0.05) is 37.9 Å². The molecule has 1 aliphatic rings. The first-order valence-electron chi connectivity index (χ1n) is 9.32. The molecule has 0 saturated carbocycles. The number of aryl methyl sites for hydroxylation is 1. The molecule has 1 aliphatic heterocycles. The van der Waals surface area contributed by atoms with E-state index in [1.807, 2.05) is 0 Å². The molecule has 0 radical (unpaired) electrons. The smallest absolute Gasteiger partial charge is 0.388 e. The Balaban J connectivity index is 1.69. The summed E-state index contributed by atoms with van der Waals surface area (Å²) in [6.45, 7) is 1.14. The molecule has 0 unspecified atom stereocenters. The normalized spacial score (nSPS) is 21.6. The molecule has 164 valence electrons. The Kier molecular flexibility index (Phi) is 5.06. The van der Waals surface area contributed by atoms with Crippen molar-refractivity contribution < 1.29 is 28.2 Å². The number of aromatic nitrogens is 4. The van der Waals surface area contributed by atoms with Crippen molar-refractivity contribution in [2.45, 2.75) is 31.3 Å². The zero-order chi connectivity index (χ0) is 22.5. The van der Waals surface area contributed by atoms with Crippen LogP contribution in [-0.2, 0) is 11.0 Å². The summed E-state index contributed by atoms with van der Waals surface area (Å²) in [5.74, 6) is -0.253. The number of carbonyl (C=O) groups excluding carboxylic acids is 1. The van der Waals surface area contributed by atoms with Gasteiger partial charge in [0.05, 0.1) is 11.7 Å². The quantitative estimate of drug-likeness (QED) is 0.632. The van der Waals surface area contributed by atoms with E-state index in [4.69, 9.17) is 0 Å². The van der Waals surface area contributed by atoms with Gasteiger partial charge >= 0.3 is 6.18 Å². The molecule has 0 spiro atoms. The molecule has 12 heteroatoms. The Morgan fingerprint density at radius 1 is 1.23 bits per heavy atom. The van der Waals surface area contributed by atoms with Crippen molar-refractivity contribution in [3.05, 3.63) is 48.0 Å². The number of fused-ring (bicyclic) bond motifs is 1. The van der Waals surface area contributed by atoms with E-state index in [1.165, 1.54) is 25.1 Å². The monoisotopic (exact) mass is 436 g/mol. The number of rotatable bonds is 3. The Morgan fingerprint density at radius 2 is 1.97 bits per heavy atom. The number of pyridine rings is 1. The SMILES string of the molecule is Cc1cc(C(F)(F)F)cc(N2C[C@@H](O)[C@@H](O)[C@H]2C(=O)N(C)c2ccn3ccnc3n2)n1. The van der Waals surface area contributed by atoms with Crippen molar-refractivity contribution in [3.8, 4) is 0 Å². The van der Waals surface area contributed by atoms with Crippen molar-refractivity contribution >= 4 is 23.3 Å². The van der Waals surface area contributed by atoms with Crippen molar-refractivity contribution in [2.24, 2.45) is 0 Å². The lowest BCUT2D eigenvalue weighted by Gasteiger charge is -2.29. The number of anilines is 2. The predicted molar refractivity (Wildman–Crippen MR) is 104 cm³/mol. The largest absolute Gasteiger partial charge is 0.416 e. The number of hydrogen-bond donors (Lipinski definition) is 2. The summed E-state index contributed by atoms with van der Waals surface area (Å²) in [6.07, 6.45) is -2.63. The van der Waals surface area contributed by atoms with Crippen molar-refractivity contribution in [2.75, 3.05) is 23.4 Å². The van der Waals surface area contributed by atoms with Gasteiger partial charge in [-0.05, 0) is 25.1 Å². The molecule has 9 nitrogen and oxygen atoms in total. The maximum Gasteiger partial charge on any atom is 0.416 e. The van der Waals surface area contributed by atoms with E-state index in [0.29, 0.717) is 5.78 Å². The maximum atomic E-state index is 13.3. The fourth-order valence-electron chi connectivity index (χ4n) is 3.59. The minimum atomic E-state index is -4.61. The summed E-state index contributed by atoms with van der Waals surface area (Å²) in [6, 6.07) is 1.89. The van der Waals surface area contributed by atoms with E-state index in [-0.39, 0.29) is 23.9 Å². The first-order valence-corrected chi connectivity index (χ1v) is 9.32. The third-order valence-electron chi connectivity index (χ3n) is 5.17. The zero-order valence-corrected chi connectivity index (χ0v) is 16.5. The van der Waals surface area contributed by atoms with Crippen molar-refractivity contribution in [1.29, 1.82) is 0 Å². The van der Waals surface area contributed by atoms with Gasteiger partial charge in [-0.25, -0.2) is 9.97 Å². The van der Waals surface area contributed by atoms with Crippen LogP contribution in [0, 0.1) is 6.92 Å². The van der Waals surface area contributed by atoms with Gasteiger partial charge in [-0.2, -0.15) is 18.2 Å². The van der Waals surface area contributed by atoms with Gasteiger partial charge in [-0.15, -0.1) is 0 Å². The maximum absolute atomic E-state index is 13.3. The third-order valence-corrected chi connectivity index (χ3v) is 5.17. The molecule has 1 saturated heterocycles. The lowest BCUT2D eigenvalue weighted by Crippen LogP contribution is -2.50. The van der Waals surface area contributed by atoms with Crippen LogP contribution in [0.25, 0.3) is 5.78 Å². The predicted octanol–water partition coefficient (Wildman–Crippen LogP) is 1.02. The second-order valence-electron chi connectivity index (χ2n) is 7.33. The number of amides is 1. The first kappa shape index (κ1) is 21.0. The number of hydrogen-bond acceptors (Lipinski definition) is 7. The van der Waals surface area contributed by atoms with Crippen LogP contribution in [0.4, 0.5) is 24.8 Å². The topological polar surface area (TPSA) is 107 Å². The molecule has 1 amide bonds. The molecule has 0 aromatic carbocycles. The van der Waals surface area contributed by atoms with Crippen LogP contribution in [0.1, 0.15) is 11.3 Å². The summed E-state index contributed by atoms with van der Waals surface area (Å²) < 4.78 is 41.4. The highest BCUT2D eigenvalue weighted by atomic mass is 19.4. The van der Waals surface area contributed by atoms with E-state index >= 15 is 0 Å². The number of alkyl halides is 3. The molecule has 4 heterocycles. The Morgan fingerprint density at radius 3 is 2.68 bits per heavy atom. The number of aliphatic hydroxyl groups excluding tert-OH is 2. The summed E-state index contributed by atoms with van der Waals surface area (Å²) in [7, 11) is 1.42. The van der Waals surface area contributed by atoms with Crippen molar-refractivity contribution in [1.82, 2.24) is 19.4 Å². The first-order chi connectivity index (χ1) is 14.6. The number of nitrogens with zero attached hydrogens (tertiary/aromatic N) is 6. The summed E-state index contributed by atoms with van der Waals surface area (Å²) >= 11 is 0. The second kappa shape index (κ2) is 7.46. The lowest BCUT2D eigenvalue weighted by atomic mass is 10.1. The highest BCUT2D eigenvalue weighted by molar-refractivity contribution is 5.99. The van der Waals surface area contributed by atoms with E-state index < -0.39 is 35.9 Å². The van der Waals surface area contributed by atoms with E-state index in [0.717, 1.165) is 17.0 Å². The Labute approximate surface area is 174 Å². The van der Waals surface area contributed by atoms with E-state index in [1.54, 1.807) is 22.9 Å². The van der Waals surface area contributed by atoms with Crippen LogP contribution in [0.3, 0.4) is 0 Å². The van der Waals surface area contributed by atoms with Crippen molar-refractivity contribution in [3.63, 3.8) is 0 Å². The average Bonchev–Trinajstić information content (AvgIpc) is 3.29. The highest BCUT2D eigenvalue weighted by Crippen LogP contribution is 2.34. The standard InChI is InChI=1S/C19H19F3N6O3/c1-10-7-11(19(20,21)22)8-14(24-10)28-9-12(29)16(30)15(28)17(31)26(2)13-3-5-27-6-4-23-18(27)25-13/h3-8,12,15-16,29-30H,9H2,1-2H3/t12-,15+,16-/m1/s1. The molecule has 31 heavy (non-hydrogen) atoms. The van der Waals surface area contributed by atoms with Crippen LogP contribution in [0.2, 0.25) is 0 Å².